The zero-order chi connectivity index (χ0) is 11.5. The Morgan fingerprint density at radius 1 is 1.11 bits per heavy atom. The van der Waals surface area contributed by atoms with Crippen LogP contribution < -0.4 is 9.71 Å². The van der Waals surface area contributed by atoms with Crippen LogP contribution in [0.4, 0.5) is 5.69 Å². The van der Waals surface area contributed by atoms with Gasteiger partial charge in [0, 0.05) is 0 Å². The van der Waals surface area contributed by atoms with Crippen LogP contribution >= 0.6 is 11.3 Å². The average molecular weight is 340 g/mol. The van der Waals surface area contributed by atoms with Gasteiger partial charge in [0.1, 0.15) is 0 Å². The van der Waals surface area contributed by atoms with Crippen LogP contribution in [0.2, 0.25) is 0 Å². The van der Waals surface area contributed by atoms with E-state index in [1.807, 2.05) is 59.1 Å². The standard InChI is InChI=1S/C12H10GeNOS.3H2O/c1-8-6-7-16-11(8)12(15)14-10-4-2-9(13)3-5-10;;;/h2-7H,1H3,(H,14,15);3*1H2/q+3;;;/p-3. The van der Waals surface area contributed by atoms with Crippen molar-refractivity contribution in [1.82, 2.24) is 0 Å². The van der Waals surface area contributed by atoms with E-state index >= 15 is 0 Å². The number of thiophene rings is 1. The van der Waals surface area contributed by atoms with Crippen molar-refractivity contribution in [1.29, 1.82) is 0 Å². The van der Waals surface area contributed by atoms with Crippen LogP contribution in [-0.4, -0.2) is 38.8 Å². The second-order valence-electron chi connectivity index (χ2n) is 3.46. The van der Waals surface area contributed by atoms with Crippen molar-refractivity contribution < 1.29 is 21.2 Å². The Bertz CT molecular complexity index is 513. The molecular formula is C12H13GeNO4S. The van der Waals surface area contributed by atoms with Gasteiger partial charge in [0.15, 0.2) is 0 Å². The van der Waals surface area contributed by atoms with Crippen LogP contribution in [-0.2, 0) is 0 Å². The molecule has 0 aliphatic rings. The van der Waals surface area contributed by atoms with E-state index in [1.165, 1.54) is 15.7 Å². The van der Waals surface area contributed by atoms with E-state index in [4.69, 9.17) is 0 Å². The minimum atomic E-state index is -0.0312. The average Bonchev–Trinajstić information content (AvgIpc) is 2.68. The Balaban J connectivity index is 0. The number of carbonyl (C=O) groups is 1. The fourth-order valence-corrected chi connectivity index (χ4v) is 2.52. The van der Waals surface area contributed by atoms with E-state index < -0.39 is 0 Å². The van der Waals surface area contributed by atoms with E-state index in [0.717, 1.165) is 16.1 Å². The van der Waals surface area contributed by atoms with Gasteiger partial charge in [0.2, 0.25) is 0 Å². The summed E-state index contributed by atoms with van der Waals surface area (Å²) in [6.45, 7) is 1.94. The minimum Gasteiger partial charge on any atom is -0.870 e. The van der Waals surface area contributed by atoms with Gasteiger partial charge in [-0.25, -0.2) is 0 Å². The molecule has 0 spiro atoms. The number of nitrogens with one attached hydrogen (secondary N) is 1. The molecule has 0 bridgehead atoms. The number of rotatable bonds is 2. The van der Waals surface area contributed by atoms with Gasteiger partial charge in [-0.3, -0.25) is 0 Å². The van der Waals surface area contributed by atoms with Crippen molar-refractivity contribution in [3.8, 4) is 0 Å². The molecule has 100 valence electrons. The molecule has 7 heteroatoms. The van der Waals surface area contributed by atoms with E-state index in [9.17, 15) is 4.79 Å². The number of hydrogen-bond acceptors (Lipinski definition) is 5. The van der Waals surface area contributed by atoms with Gasteiger partial charge >= 0.3 is 107 Å². The summed E-state index contributed by atoms with van der Waals surface area (Å²) in [6.07, 6.45) is 0. The maximum atomic E-state index is 11.9. The molecule has 19 heavy (non-hydrogen) atoms. The van der Waals surface area contributed by atoms with Gasteiger partial charge in [-0.1, -0.05) is 0 Å². The van der Waals surface area contributed by atoms with E-state index in [1.54, 1.807) is 0 Å². The topological polar surface area (TPSA) is 119 Å². The number of amides is 1. The minimum absolute atomic E-state index is 0. The van der Waals surface area contributed by atoms with Crippen LogP contribution in [0, 0.1) is 6.92 Å². The first-order valence-electron chi connectivity index (χ1n) is 4.84. The monoisotopic (exact) mass is 341 g/mol. The van der Waals surface area contributed by atoms with Crippen LogP contribution in [0.3, 0.4) is 0 Å². The van der Waals surface area contributed by atoms with Crippen molar-refractivity contribution in [3.05, 3.63) is 46.2 Å². The van der Waals surface area contributed by atoms with E-state index in [2.05, 4.69) is 5.32 Å². The molecule has 0 aliphatic carbocycles. The molecule has 1 aromatic carbocycles. The third kappa shape index (κ3) is 5.13. The normalized spacial score (nSPS) is 8.58. The maximum Gasteiger partial charge on any atom is -0.870 e. The molecule has 5 nitrogen and oxygen atoms in total. The van der Waals surface area contributed by atoms with Crippen LogP contribution in [0.25, 0.3) is 0 Å². The summed E-state index contributed by atoms with van der Waals surface area (Å²) in [5, 5.41) is 4.81. The number of aryl methyl sites for hydroxylation is 1. The van der Waals surface area contributed by atoms with Gasteiger partial charge in [-0.15, -0.1) is 0 Å². The second-order valence-corrected chi connectivity index (χ2v) is 5.59. The summed E-state index contributed by atoms with van der Waals surface area (Å²) in [5.74, 6) is -0.0312. The number of hydrogen-bond donors (Lipinski definition) is 1. The molecule has 1 heterocycles. The Labute approximate surface area is 123 Å². The number of anilines is 1. The summed E-state index contributed by atoms with van der Waals surface area (Å²) in [7, 11) is 0. The quantitative estimate of drug-likeness (QED) is 0.835. The van der Waals surface area contributed by atoms with Crippen molar-refractivity contribution in [2.24, 2.45) is 0 Å². The Kier molecular flexibility index (Phi) is 9.36. The van der Waals surface area contributed by atoms with Crippen molar-refractivity contribution in [2.45, 2.75) is 6.92 Å². The summed E-state index contributed by atoms with van der Waals surface area (Å²) < 4.78 is 1.19. The van der Waals surface area contributed by atoms with Gasteiger partial charge in [0.05, 0.1) is 0 Å². The molecule has 4 N–H and O–H groups in total. The van der Waals surface area contributed by atoms with Gasteiger partial charge in [0.25, 0.3) is 0 Å². The fraction of sp³-hybridized carbons (Fsp3) is 0.0833. The third-order valence-electron chi connectivity index (χ3n) is 2.21. The van der Waals surface area contributed by atoms with E-state index in [-0.39, 0.29) is 22.3 Å². The number of benzene rings is 1. The molecule has 0 saturated heterocycles. The first-order valence-corrected chi connectivity index (χ1v) is 6.77. The molecule has 0 unspecified atom stereocenters. The summed E-state index contributed by atoms with van der Waals surface area (Å²) >= 11 is 3.49. The zero-order valence-electron chi connectivity index (χ0n) is 10.1. The molecule has 2 aromatic rings. The maximum absolute atomic E-state index is 11.9. The predicted molar refractivity (Wildman–Crippen MR) is 74.6 cm³/mol. The van der Waals surface area contributed by atoms with Gasteiger partial charge in [-0.2, -0.15) is 0 Å². The van der Waals surface area contributed by atoms with Crippen LogP contribution in [0.15, 0.2) is 35.7 Å². The van der Waals surface area contributed by atoms with Gasteiger partial charge < -0.3 is 16.4 Å². The summed E-state index contributed by atoms with van der Waals surface area (Å²) in [6, 6.07) is 9.74. The SMILES string of the molecule is Cc1ccsc1C(=O)Nc1cc[c]([Ge+3])cc1.[OH-].[OH-].[OH-]. The second kappa shape index (κ2) is 8.84. The molecule has 0 saturated carbocycles. The zero-order valence-corrected chi connectivity index (χ0v) is 13.0. The third-order valence-corrected chi connectivity index (χ3v) is 3.93. The largest absolute Gasteiger partial charge is 0.870 e. The van der Waals surface area contributed by atoms with Crippen molar-refractivity contribution >= 4 is 43.8 Å². The van der Waals surface area contributed by atoms with Crippen LogP contribution in [0.5, 0.6) is 0 Å². The molecule has 0 fully saturated rings. The summed E-state index contributed by atoms with van der Waals surface area (Å²) in [5.41, 5.74) is 1.86. The molecule has 2 rings (SSSR count). The Hall–Kier alpha value is -1.19. The molecule has 0 aliphatic heterocycles. The van der Waals surface area contributed by atoms with E-state index in [0.29, 0.717) is 0 Å². The first kappa shape index (κ1) is 20.1. The molecule has 1 aromatic heterocycles. The smallest absolute Gasteiger partial charge is 0.870 e. The van der Waals surface area contributed by atoms with Crippen molar-refractivity contribution in [3.63, 3.8) is 0 Å². The molecular weight excluding hydrogens is 327 g/mol. The molecule has 0 radical (unpaired) electrons. The fourth-order valence-electron chi connectivity index (χ4n) is 1.35. The Morgan fingerprint density at radius 3 is 2.16 bits per heavy atom. The van der Waals surface area contributed by atoms with Crippen molar-refractivity contribution in [2.75, 3.05) is 5.32 Å². The molecule has 1 amide bonds. The van der Waals surface area contributed by atoms with Gasteiger partial charge in [-0.05, 0) is 0 Å². The molecule has 0 atom stereocenters. The predicted octanol–water partition coefficient (Wildman–Crippen LogP) is 1.57. The Morgan fingerprint density at radius 2 is 1.68 bits per heavy atom. The number of carbonyl (C=O) groups excluding carboxylic acids is 1. The summed E-state index contributed by atoms with van der Waals surface area (Å²) in [4.78, 5) is 12.7. The first-order chi connectivity index (χ1) is 7.66. The van der Waals surface area contributed by atoms with Crippen LogP contribution in [0.1, 0.15) is 15.2 Å².